The van der Waals surface area contributed by atoms with Crippen LogP contribution in [0.25, 0.3) is 0 Å². The molecular formula is C17H17BrN2O3S. The zero-order chi connectivity index (χ0) is 17.1. The van der Waals surface area contributed by atoms with Gasteiger partial charge in [-0.05, 0) is 52.9 Å². The molecule has 2 aromatic rings. The summed E-state index contributed by atoms with van der Waals surface area (Å²) < 4.78 is 6.06. The summed E-state index contributed by atoms with van der Waals surface area (Å²) in [6.45, 7) is 0. The lowest BCUT2D eigenvalue weighted by Gasteiger charge is -2.06. The number of anilines is 1. The predicted octanol–water partition coefficient (Wildman–Crippen LogP) is 4.00. The number of halogens is 1. The lowest BCUT2D eigenvalue weighted by molar-refractivity contribution is -0.116. The number of Topliss-reactive ketones (excluding diaryl/α,β-unsaturated/α-hetero) is 1. The number of thiazole rings is 1. The number of hydrogen-bond donors (Lipinski definition) is 1. The van der Waals surface area contributed by atoms with Gasteiger partial charge in [-0.2, -0.15) is 0 Å². The van der Waals surface area contributed by atoms with Crippen molar-refractivity contribution in [1.82, 2.24) is 4.98 Å². The molecule has 1 N–H and O–H groups in total. The van der Waals surface area contributed by atoms with Gasteiger partial charge < -0.3 is 10.1 Å². The third-order valence-electron chi connectivity index (χ3n) is 3.87. The minimum atomic E-state index is -0.0968. The molecule has 3 rings (SSSR count). The number of benzene rings is 1. The number of ketones is 1. The van der Waals surface area contributed by atoms with Crippen LogP contribution in [0.15, 0.2) is 22.7 Å². The highest BCUT2D eigenvalue weighted by atomic mass is 79.9. The van der Waals surface area contributed by atoms with Crippen LogP contribution in [0, 0.1) is 0 Å². The minimum Gasteiger partial charge on any atom is -0.496 e. The molecule has 0 saturated heterocycles. The van der Waals surface area contributed by atoms with Crippen molar-refractivity contribution >= 4 is 44.1 Å². The average Bonchev–Trinajstić information content (AvgIpc) is 2.97. The molecule has 0 atom stereocenters. The normalized spacial score (nSPS) is 13.5. The van der Waals surface area contributed by atoms with Crippen molar-refractivity contribution in [2.45, 2.75) is 32.1 Å². The Kier molecular flexibility index (Phi) is 5.30. The van der Waals surface area contributed by atoms with E-state index in [0.717, 1.165) is 34.3 Å². The maximum absolute atomic E-state index is 12.1. The topological polar surface area (TPSA) is 68.3 Å². The Labute approximate surface area is 152 Å². The number of nitrogens with zero attached hydrogens (tertiary/aromatic N) is 1. The van der Waals surface area contributed by atoms with Crippen molar-refractivity contribution in [2.75, 3.05) is 12.4 Å². The molecular weight excluding hydrogens is 392 g/mol. The Morgan fingerprint density at radius 3 is 2.96 bits per heavy atom. The van der Waals surface area contributed by atoms with Crippen molar-refractivity contribution in [3.63, 3.8) is 0 Å². The van der Waals surface area contributed by atoms with Gasteiger partial charge in [-0.1, -0.05) is 17.4 Å². The first kappa shape index (κ1) is 17.1. The lowest BCUT2D eigenvalue weighted by atomic mass is 10.0. The Bertz CT molecular complexity index is 788. The highest BCUT2D eigenvalue weighted by Gasteiger charge is 2.22. The van der Waals surface area contributed by atoms with Gasteiger partial charge in [0.15, 0.2) is 10.9 Å². The summed E-state index contributed by atoms with van der Waals surface area (Å²) >= 11 is 4.72. The predicted molar refractivity (Wildman–Crippen MR) is 97.0 cm³/mol. The minimum absolute atomic E-state index is 0.0968. The largest absolute Gasteiger partial charge is 0.496 e. The van der Waals surface area contributed by atoms with Crippen LogP contribution in [-0.4, -0.2) is 23.8 Å². The smallest absolute Gasteiger partial charge is 0.226 e. The molecule has 0 bridgehead atoms. The summed E-state index contributed by atoms with van der Waals surface area (Å²) in [5.41, 5.74) is 1.87. The Morgan fingerprint density at radius 2 is 2.25 bits per heavy atom. The highest BCUT2D eigenvalue weighted by Crippen LogP contribution is 2.30. The number of nitrogens with one attached hydrogen (secondary N) is 1. The van der Waals surface area contributed by atoms with Crippen molar-refractivity contribution < 1.29 is 14.3 Å². The van der Waals surface area contributed by atoms with E-state index in [2.05, 4.69) is 26.2 Å². The van der Waals surface area contributed by atoms with E-state index in [0.29, 0.717) is 29.3 Å². The molecule has 1 amide bonds. The van der Waals surface area contributed by atoms with Crippen LogP contribution in [0.1, 0.15) is 40.2 Å². The van der Waals surface area contributed by atoms with E-state index in [-0.39, 0.29) is 11.7 Å². The summed E-state index contributed by atoms with van der Waals surface area (Å²) in [4.78, 5) is 29.0. The number of carbonyl (C=O) groups excluding carboxylic acids is 2. The van der Waals surface area contributed by atoms with Crippen molar-refractivity contribution in [1.29, 1.82) is 0 Å². The van der Waals surface area contributed by atoms with E-state index < -0.39 is 0 Å². The fourth-order valence-corrected chi connectivity index (χ4v) is 4.21. The first-order valence-corrected chi connectivity index (χ1v) is 9.33. The van der Waals surface area contributed by atoms with Gasteiger partial charge in [0.2, 0.25) is 5.91 Å². The molecule has 0 spiro atoms. The molecule has 126 valence electrons. The van der Waals surface area contributed by atoms with Gasteiger partial charge in [-0.3, -0.25) is 9.59 Å². The molecule has 0 saturated carbocycles. The molecule has 0 aliphatic heterocycles. The number of fused-ring (bicyclic) bond motifs is 1. The van der Waals surface area contributed by atoms with Crippen molar-refractivity contribution in [3.05, 3.63) is 38.8 Å². The first-order chi connectivity index (χ1) is 11.6. The Balaban J connectivity index is 1.58. The fraction of sp³-hybridized carbons (Fsp3) is 0.353. The third kappa shape index (κ3) is 3.84. The van der Waals surface area contributed by atoms with Gasteiger partial charge in [0.25, 0.3) is 0 Å². The van der Waals surface area contributed by atoms with Crippen LogP contribution in [0.3, 0.4) is 0 Å². The number of ether oxygens (including phenoxy) is 1. The fourth-order valence-electron chi connectivity index (χ4n) is 2.63. The van der Waals surface area contributed by atoms with E-state index in [4.69, 9.17) is 4.74 Å². The highest BCUT2D eigenvalue weighted by molar-refractivity contribution is 9.10. The molecule has 7 heteroatoms. The standard InChI is InChI=1S/C17H17BrN2O3S/c1-23-14-7-5-10(9-11(14)18)6-8-15(22)20-17-19-12-3-2-4-13(21)16(12)24-17/h5,7,9H,2-4,6,8H2,1H3,(H,19,20,22). The van der Waals surface area contributed by atoms with Gasteiger partial charge >= 0.3 is 0 Å². The van der Waals surface area contributed by atoms with E-state index in [1.54, 1.807) is 7.11 Å². The molecule has 0 radical (unpaired) electrons. The maximum atomic E-state index is 12.1. The van der Waals surface area contributed by atoms with Crippen molar-refractivity contribution in [2.24, 2.45) is 0 Å². The Morgan fingerprint density at radius 1 is 1.42 bits per heavy atom. The zero-order valence-electron chi connectivity index (χ0n) is 13.2. The molecule has 1 aromatic heterocycles. The quantitative estimate of drug-likeness (QED) is 0.811. The zero-order valence-corrected chi connectivity index (χ0v) is 15.6. The number of hydrogen-bond acceptors (Lipinski definition) is 5. The van der Waals surface area contributed by atoms with Crippen LogP contribution in [0.2, 0.25) is 0 Å². The monoisotopic (exact) mass is 408 g/mol. The molecule has 24 heavy (non-hydrogen) atoms. The number of amides is 1. The number of methoxy groups -OCH3 is 1. The van der Waals surface area contributed by atoms with E-state index in [1.165, 1.54) is 11.3 Å². The van der Waals surface area contributed by atoms with Gasteiger partial charge in [0.1, 0.15) is 5.75 Å². The molecule has 1 aliphatic carbocycles. The van der Waals surface area contributed by atoms with Crippen LogP contribution < -0.4 is 10.1 Å². The van der Waals surface area contributed by atoms with Gasteiger partial charge in [0, 0.05) is 12.8 Å². The summed E-state index contributed by atoms with van der Waals surface area (Å²) in [6, 6.07) is 5.77. The third-order valence-corrected chi connectivity index (χ3v) is 5.55. The number of aromatic nitrogens is 1. The van der Waals surface area contributed by atoms with E-state index in [9.17, 15) is 9.59 Å². The number of carbonyl (C=O) groups is 2. The number of rotatable bonds is 5. The Hall–Kier alpha value is -1.73. The van der Waals surface area contributed by atoms with Gasteiger partial charge in [0.05, 0.1) is 22.2 Å². The van der Waals surface area contributed by atoms with Gasteiger partial charge in [-0.15, -0.1) is 0 Å². The molecule has 0 fully saturated rings. The molecule has 1 aliphatic rings. The summed E-state index contributed by atoms with van der Waals surface area (Å²) in [5, 5.41) is 3.33. The van der Waals surface area contributed by atoms with E-state index >= 15 is 0 Å². The lowest BCUT2D eigenvalue weighted by Crippen LogP contribution is -2.12. The SMILES string of the molecule is COc1ccc(CCC(=O)Nc2nc3c(s2)C(=O)CCC3)cc1Br. The van der Waals surface area contributed by atoms with Crippen LogP contribution in [-0.2, 0) is 17.6 Å². The number of aryl methyl sites for hydroxylation is 2. The molecule has 1 heterocycles. The summed E-state index contributed by atoms with van der Waals surface area (Å²) in [5.74, 6) is 0.805. The van der Waals surface area contributed by atoms with Crippen LogP contribution >= 0.6 is 27.3 Å². The van der Waals surface area contributed by atoms with E-state index in [1.807, 2.05) is 18.2 Å². The maximum Gasteiger partial charge on any atom is 0.226 e. The summed E-state index contributed by atoms with van der Waals surface area (Å²) in [6.07, 6.45) is 3.22. The molecule has 5 nitrogen and oxygen atoms in total. The average molecular weight is 409 g/mol. The second kappa shape index (κ2) is 7.44. The summed E-state index contributed by atoms with van der Waals surface area (Å²) in [7, 11) is 1.62. The van der Waals surface area contributed by atoms with Crippen LogP contribution in [0.4, 0.5) is 5.13 Å². The second-order valence-electron chi connectivity index (χ2n) is 5.59. The second-order valence-corrected chi connectivity index (χ2v) is 7.44. The molecule has 0 unspecified atom stereocenters. The van der Waals surface area contributed by atoms with Gasteiger partial charge in [-0.25, -0.2) is 4.98 Å². The van der Waals surface area contributed by atoms with Crippen LogP contribution in [0.5, 0.6) is 5.75 Å². The first-order valence-electron chi connectivity index (χ1n) is 7.72. The van der Waals surface area contributed by atoms with Crippen molar-refractivity contribution in [3.8, 4) is 5.75 Å². The molecule has 1 aromatic carbocycles.